The first-order valence-electron chi connectivity index (χ1n) is 9.82. The van der Waals surface area contributed by atoms with Crippen LogP contribution in [0.5, 0.6) is 0 Å². The SMILES string of the molecule is COC(=O)CCNC(=O)c1nn(CC2CC2)c2c1CN(C(=O)c1ccsc1)CC2. The molecule has 1 saturated carbocycles. The van der Waals surface area contributed by atoms with Crippen molar-refractivity contribution in [2.45, 2.75) is 38.8 Å². The van der Waals surface area contributed by atoms with Gasteiger partial charge in [0.2, 0.25) is 0 Å². The third kappa shape index (κ3) is 4.34. The molecule has 2 amide bonds. The highest BCUT2D eigenvalue weighted by Crippen LogP contribution is 2.33. The lowest BCUT2D eigenvalue weighted by Crippen LogP contribution is -2.37. The number of thiophene rings is 1. The predicted molar refractivity (Wildman–Crippen MR) is 107 cm³/mol. The molecule has 2 aliphatic rings. The number of methoxy groups -OCH3 is 1. The van der Waals surface area contributed by atoms with Crippen molar-refractivity contribution in [3.63, 3.8) is 0 Å². The molecule has 0 bridgehead atoms. The van der Waals surface area contributed by atoms with Gasteiger partial charge in [0, 0.05) is 42.7 Å². The van der Waals surface area contributed by atoms with Gasteiger partial charge in [-0.3, -0.25) is 19.1 Å². The number of carbonyl (C=O) groups is 3. The predicted octanol–water partition coefficient (Wildman–Crippen LogP) is 1.85. The van der Waals surface area contributed by atoms with Crippen LogP contribution in [0.15, 0.2) is 16.8 Å². The first-order valence-corrected chi connectivity index (χ1v) is 10.8. The Kier molecular flexibility index (Phi) is 5.66. The molecule has 3 heterocycles. The van der Waals surface area contributed by atoms with Crippen LogP contribution in [-0.2, 0) is 29.0 Å². The van der Waals surface area contributed by atoms with Crippen LogP contribution >= 0.6 is 11.3 Å². The Morgan fingerprint density at radius 2 is 2.17 bits per heavy atom. The standard InChI is InChI=1S/C20H24N4O4S/c1-28-17(25)4-7-21-19(26)18-15-11-23(20(27)14-6-9-29-12-14)8-5-16(15)24(22-18)10-13-2-3-13/h6,9,12-13H,2-5,7-8,10-11H2,1H3,(H,21,26). The topological polar surface area (TPSA) is 93.5 Å². The van der Waals surface area contributed by atoms with E-state index in [0.717, 1.165) is 17.8 Å². The van der Waals surface area contributed by atoms with Gasteiger partial charge in [0.25, 0.3) is 11.8 Å². The Labute approximate surface area is 172 Å². The second-order valence-corrected chi connectivity index (χ2v) is 8.25. The van der Waals surface area contributed by atoms with Gasteiger partial charge in [-0.25, -0.2) is 0 Å². The number of carbonyl (C=O) groups excluding carboxylic acids is 3. The van der Waals surface area contributed by atoms with E-state index in [9.17, 15) is 14.4 Å². The van der Waals surface area contributed by atoms with E-state index in [1.807, 2.05) is 21.5 Å². The number of nitrogens with zero attached hydrogens (tertiary/aromatic N) is 3. The van der Waals surface area contributed by atoms with Crippen LogP contribution in [0.4, 0.5) is 0 Å². The van der Waals surface area contributed by atoms with Gasteiger partial charge in [-0.1, -0.05) is 0 Å². The van der Waals surface area contributed by atoms with Gasteiger partial charge in [-0.2, -0.15) is 16.4 Å². The molecule has 4 rings (SSSR count). The average molecular weight is 417 g/mol. The smallest absolute Gasteiger partial charge is 0.307 e. The fourth-order valence-electron chi connectivity index (χ4n) is 3.58. The monoisotopic (exact) mass is 416 g/mol. The lowest BCUT2D eigenvalue weighted by molar-refractivity contribution is -0.140. The third-order valence-electron chi connectivity index (χ3n) is 5.37. The van der Waals surface area contributed by atoms with Crippen LogP contribution in [0.25, 0.3) is 0 Å². The zero-order chi connectivity index (χ0) is 20.4. The average Bonchev–Trinajstić information content (AvgIpc) is 3.24. The lowest BCUT2D eigenvalue weighted by atomic mass is 10.0. The van der Waals surface area contributed by atoms with E-state index in [1.54, 1.807) is 4.90 Å². The second-order valence-electron chi connectivity index (χ2n) is 7.47. The molecule has 0 unspecified atom stereocenters. The third-order valence-corrected chi connectivity index (χ3v) is 6.06. The van der Waals surface area contributed by atoms with E-state index in [1.165, 1.54) is 31.3 Å². The van der Waals surface area contributed by atoms with Gasteiger partial charge in [0.1, 0.15) is 0 Å². The number of nitrogens with one attached hydrogen (secondary N) is 1. The van der Waals surface area contributed by atoms with Crippen LogP contribution in [0.2, 0.25) is 0 Å². The number of esters is 1. The lowest BCUT2D eigenvalue weighted by Gasteiger charge is -2.27. The highest BCUT2D eigenvalue weighted by Gasteiger charge is 2.32. The fraction of sp³-hybridized carbons (Fsp3) is 0.500. The van der Waals surface area contributed by atoms with E-state index < -0.39 is 0 Å². The summed E-state index contributed by atoms with van der Waals surface area (Å²) in [4.78, 5) is 38.6. The van der Waals surface area contributed by atoms with Crippen LogP contribution < -0.4 is 5.32 Å². The second kappa shape index (κ2) is 8.36. The first kappa shape index (κ1) is 19.6. The minimum Gasteiger partial charge on any atom is -0.469 e. The summed E-state index contributed by atoms with van der Waals surface area (Å²) >= 11 is 1.49. The van der Waals surface area contributed by atoms with E-state index in [2.05, 4.69) is 15.2 Å². The molecule has 0 atom stereocenters. The fourth-order valence-corrected chi connectivity index (χ4v) is 4.20. The summed E-state index contributed by atoms with van der Waals surface area (Å²) < 4.78 is 6.56. The molecule has 8 nitrogen and oxygen atoms in total. The maximum Gasteiger partial charge on any atom is 0.307 e. The summed E-state index contributed by atoms with van der Waals surface area (Å²) in [6.07, 6.45) is 3.17. The van der Waals surface area contributed by atoms with Crippen molar-refractivity contribution in [2.75, 3.05) is 20.2 Å². The summed E-state index contributed by atoms with van der Waals surface area (Å²) in [5.74, 6) is -0.0905. The zero-order valence-corrected chi connectivity index (χ0v) is 17.2. The molecule has 0 aromatic carbocycles. The van der Waals surface area contributed by atoms with Crippen molar-refractivity contribution >= 4 is 29.1 Å². The molecule has 1 aliphatic heterocycles. The maximum absolute atomic E-state index is 12.8. The van der Waals surface area contributed by atoms with Crippen molar-refractivity contribution in [3.8, 4) is 0 Å². The molecule has 9 heteroatoms. The first-order chi connectivity index (χ1) is 14.1. The summed E-state index contributed by atoms with van der Waals surface area (Å²) in [5, 5.41) is 11.1. The van der Waals surface area contributed by atoms with Crippen LogP contribution in [-0.4, -0.2) is 52.7 Å². The zero-order valence-electron chi connectivity index (χ0n) is 16.3. The Morgan fingerprint density at radius 3 is 2.86 bits per heavy atom. The molecular weight excluding hydrogens is 392 g/mol. The summed E-state index contributed by atoms with van der Waals surface area (Å²) in [6.45, 7) is 1.99. The summed E-state index contributed by atoms with van der Waals surface area (Å²) in [5.41, 5.74) is 2.89. The Bertz CT molecular complexity index is 917. The normalized spacial score (nSPS) is 15.7. The molecule has 1 N–H and O–H groups in total. The van der Waals surface area contributed by atoms with Gasteiger partial charge >= 0.3 is 5.97 Å². The molecule has 2 aromatic rings. The molecule has 154 valence electrons. The van der Waals surface area contributed by atoms with Crippen molar-refractivity contribution in [2.24, 2.45) is 5.92 Å². The van der Waals surface area contributed by atoms with Crippen molar-refractivity contribution in [1.29, 1.82) is 0 Å². The van der Waals surface area contributed by atoms with Crippen molar-refractivity contribution in [3.05, 3.63) is 39.3 Å². The molecule has 2 aromatic heterocycles. The van der Waals surface area contributed by atoms with Crippen LogP contribution in [0.1, 0.15) is 51.4 Å². The quantitative estimate of drug-likeness (QED) is 0.696. The summed E-state index contributed by atoms with van der Waals surface area (Å²) in [6, 6.07) is 1.82. The van der Waals surface area contributed by atoms with Gasteiger partial charge in [0.15, 0.2) is 5.69 Å². The molecule has 1 aliphatic carbocycles. The van der Waals surface area contributed by atoms with E-state index in [-0.39, 0.29) is 30.7 Å². The van der Waals surface area contributed by atoms with Crippen LogP contribution in [0.3, 0.4) is 0 Å². The largest absolute Gasteiger partial charge is 0.469 e. The number of aromatic nitrogens is 2. The molecule has 0 radical (unpaired) electrons. The van der Waals surface area contributed by atoms with Gasteiger partial charge in [-0.15, -0.1) is 0 Å². The van der Waals surface area contributed by atoms with E-state index in [0.29, 0.717) is 36.7 Å². The molecule has 0 spiro atoms. The van der Waals surface area contributed by atoms with Crippen LogP contribution in [0, 0.1) is 5.92 Å². The maximum atomic E-state index is 12.8. The summed E-state index contributed by atoms with van der Waals surface area (Å²) in [7, 11) is 1.32. The van der Waals surface area contributed by atoms with E-state index >= 15 is 0 Å². The number of fused-ring (bicyclic) bond motifs is 1. The van der Waals surface area contributed by atoms with Gasteiger partial charge in [-0.05, 0) is 30.2 Å². The molecular formula is C20H24N4O4S. The Morgan fingerprint density at radius 1 is 1.34 bits per heavy atom. The number of ether oxygens (including phenoxy) is 1. The van der Waals surface area contributed by atoms with Gasteiger partial charge < -0.3 is 15.0 Å². The Balaban J connectivity index is 1.53. The van der Waals surface area contributed by atoms with Gasteiger partial charge in [0.05, 0.1) is 25.6 Å². The molecule has 29 heavy (non-hydrogen) atoms. The molecule has 1 fully saturated rings. The number of rotatable bonds is 7. The minimum atomic E-state index is -0.376. The highest BCUT2D eigenvalue weighted by atomic mass is 32.1. The number of hydrogen-bond acceptors (Lipinski definition) is 6. The van der Waals surface area contributed by atoms with Crippen molar-refractivity contribution < 1.29 is 19.1 Å². The minimum absolute atomic E-state index is 0.0242. The van der Waals surface area contributed by atoms with E-state index in [4.69, 9.17) is 0 Å². The highest BCUT2D eigenvalue weighted by molar-refractivity contribution is 7.08. The Hall–Kier alpha value is -2.68. The van der Waals surface area contributed by atoms with Crippen molar-refractivity contribution in [1.82, 2.24) is 20.0 Å². The number of hydrogen-bond donors (Lipinski definition) is 1. The number of amides is 2. The molecule has 0 saturated heterocycles.